The molecule has 0 heterocycles. The normalized spacial score (nSPS) is 14.1. The molecular formula is C5H12ClRh. The van der Waals surface area contributed by atoms with E-state index in [1.807, 2.05) is 0 Å². The fraction of sp³-hybridized carbons (Fsp3) is 1.00. The summed E-state index contributed by atoms with van der Waals surface area (Å²) in [6.07, 6.45) is 0. The number of rotatable bonds is 0. The molecule has 0 amide bonds. The fourth-order valence-corrected chi connectivity index (χ4v) is 0. The topological polar surface area (TPSA) is 0 Å². The van der Waals surface area contributed by atoms with E-state index in [0.29, 0.717) is 4.01 Å². The van der Waals surface area contributed by atoms with Gasteiger partial charge in [0.15, 0.2) is 0 Å². The summed E-state index contributed by atoms with van der Waals surface area (Å²) in [4.78, 5) is 0. The second-order valence-electron chi connectivity index (χ2n) is 2.36. The van der Waals surface area contributed by atoms with Crippen LogP contribution in [-0.2, 0) is 15.0 Å². The van der Waals surface area contributed by atoms with Crippen LogP contribution in [0.2, 0.25) is 9.53 Å². The van der Waals surface area contributed by atoms with Crippen LogP contribution < -0.4 is 0 Å². The van der Waals surface area contributed by atoms with Crippen LogP contribution in [0, 0.1) is 0 Å². The Balaban J connectivity index is 3.54. The van der Waals surface area contributed by atoms with Crippen LogP contribution in [0.1, 0.15) is 20.8 Å². The van der Waals surface area contributed by atoms with Gasteiger partial charge in [-0.25, -0.2) is 0 Å². The second-order valence-corrected chi connectivity index (χ2v) is 8.80. The van der Waals surface area contributed by atoms with Crippen molar-refractivity contribution in [3.05, 3.63) is 0 Å². The number of hydrogen-bond acceptors (Lipinski definition) is 0. The molecule has 0 spiro atoms. The zero-order chi connectivity index (χ0) is 6.08. The maximum absolute atomic E-state index is 5.88. The quantitative estimate of drug-likeness (QED) is 0.539. The molecule has 0 radical (unpaired) electrons. The van der Waals surface area contributed by atoms with E-state index in [1.54, 1.807) is 0 Å². The van der Waals surface area contributed by atoms with Gasteiger partial charge < -0.3 is 0 Å². The van der Waals surface area contributed by atoms with E-state index in [1.165, 1.54) is 0 Å². The molecule has 0 bridgehead atoms. The van der Waals surface area contributed by atoms with E-state index < -0.39 is 15.0 Å². The van der Waals surface area contributed by atoms with Crippen LogP contribution in [0.3, 0.4) is 0 Å². The first-order valence-electron chi connectivity index (χ1n) is 2.13. The van der Waals surface area contributed by atoms with Crippen molar-refractivity contribution in [2.24, 2.45) is 0 Å². The van der Waals surface area contributed by atoms with Crippen molar-refractivity contribution in [1.29, 1.82) is 0 Å². The Bertz CT molecular complexity index is 53.6. The summed E-state index contributed by atoms with van der Waals surface area (Å²) in [5, 5.41) is 0. The molecule has 2 heteroatoms. The van der Waals surface area contributed by atoms with Crippen molar-refractivity contribution in [3.63, 3.8) is 0 Å². The van der Waals surface area contributed by atoms with Gasteiger partial charge in [0.1, 0.15) is 0 Å². The molecule has 0 aromatic rings. The summed E-state index contributed by atoms with van der Waals surface area (Å²) in [7, 11) is 5.88. The third-order valence-electron chi connectivity index (χ3n) is 0.689. The van der Waals surface area contributed by atoms with Gasteiger partial charge in [0.25, 0.3) is 0 Å². The molecule has 48 valence electrons. The van der Waals surface area contributed by atoms with Gasteiger partial charge in [0.05, 0.1) is 0 Å². The van der Waals surface area contributed by atoms with Crippen molar-refractivity contribution < 1.29 is 15.0 Å². The van der Waals surface area contributed by atoms with Crippen LogP contribution in [0.4, 0.5) is 0 Å². The van der Waals surface area contributed by atoms with E-state index in [0.717, 1.165) is 0 Å². The molecule has 0 aromatic heterocycles. The molecule has 0 aliphatic heterocycles. The molecule has 0 aliphatic carbocycles. The average Bonchev–Trinajstić information content (AvgIpc) is 1.31. The molecule has 7 heavy (non-hydrogen) atoms. The second kappa shape index (κ2) is 2.46. The molecule has 0 aromatic carbocycles. The maximum atomic E-state index is 5.88. The fourth-order valence-electron chi connectivity index (χ4n) is 0. The molecule has 0 nitrogen and oxygen atoms in total. The van der Waals surface area contributed by atoms with Crippen molar-refractivity contribution >= 4 is 9.69 Å². The minimum absolute atomic E-state index is 0.395. The molecule has 0 fully saturated rings. The molecule has 0 aliphatic rings. The van der Waals surface area contributed by atoms with E-state index >= 15 is 0 Å². The van der Waals surface area contributed by atoms with Crippen LogP contribution in [0.15, 0.2) is 0 Å². The minimum atomic E-state index is -0.812. The van der Waals surface area contributed by atoms with E-state index in [2.05, 4.69) is 26.3 Å². The van der Waals surface area contributed by atoms with Gasteiger partial charge in [-0.1, -0.05) is 0 Å². The van der Waals surface area contributed by atoms with E-state index in [-0.39, 0.29) is 0 Å². The Morgan fingerprint density at radius 3 is 1.43 bits per heavy atom. The van der Waals surface area contributed by atoms with Gasteiger partial charge in [0.2, 0.25) is 0 Å². The first-order chi connectivity index (χ1) is 2.94. The van der Waals surface area contributed by atoms with Crippen LogP contribution in [0.25, 0.3) is 0 Å². The molecule has 0 N–H and O–H groups in total. The predicted molar refractivity (Wildman–Crippen MR) is 31.4 cm³/mol. The molecule has 0 unspecified atom stereocenters. The van der Waals surface area contributed by atoms with Crippen LogP contribution >= 0.6 is 9.69 Å². The SMILES string of the molecule is [CH3][Rh]([Cl])[C](C)(C)C. The zero-order valence-corrected chi connectivity index (χ0v) is 7.61. The van der Waals surface area contributed by atoms with E-state index in [4.69, 9.17) is 9.69 Å². The van der Waals surface area contributed by atoms with Gasteiger partial charge in [-0.2, -0.15) is 0 Å². The summed E-state index contributed by atoms with van der Waals surface area (Å²) in [6.45, 7) is 6.56. The summed E-state index contributed by atoms with van der Waals surface area (Å²) in [5.74, 6) is 0. The molecule has 0 rings (SSSR count). The monoisotopic (exact) mass is 210 g/mol. The summed E-state index contributed by atoms with van der Waals surface area (Å²) in [6, 6.07) is 0. The van der Waals surface area contributed by atoms with Gasteiger partial charge in [-0.15, -0.1) is 0 Å². The Hall–Kier alpha value is 0.913. The molecule has 0 saturated carbocycles. The van der Waals surface area contributed by atoms with Crippen LogP contribution in [0.5, 0.6) is 0 Å². The van der Waals surface area contributed by atoms with Gasteiger partial charge >= 0.3 is 54.9 Å². The first-order valence-corrected chi connectivity index (χ1v) is 6.69. The van der Waals surface area contributed by atoms with E-state index in [9.17, 15) is 0 Å². The number of halogens is 1. The number of hydrogen-bond donors (Lipinski definition) is 0. The molecule has 0 atom stereocenters. The molecule has 0 saturated heterocycles. The zero-order valence-electron chi connectivity index (χ0n) is 5.21. The third-order valence-corrected chi connectivity index (χ3v) is 6.31. The Morgan fingerprint density at radius 2 is 1.43 bits per heavy atom. The predicted octanol–water partition coefficient (Wildman–Crippen LogP) is 3.02. The standard InChI is InChI=1S/C4H9.CH3.ClH.Rh/c1-4(2)3;;;/h1-3H3;1H3;1H;/q;;;+1/p-1. The Kier molecular flexibility index (Phi) is 2.78. The summed E-state index contributed by atoms with van der Waals surface area (Å²) in [5.41, 5.74) is 2.15. The Labute approximate surface area is 55.2 Å². The summed E-state index contributed by atoms with van der Waals surface area (Å²) < 4.78 is 0.395. The summed E-state index contributed by atoms with van der Waals surface area (Å²) >= 11 is -0.812. The van der Waals surface area contributed by atoms with Gasteiger partial charge in [-0.05, 0) is 0 Å². The van der Waals surface area contributed by atoms with Gasteiger partial charge in [-0.3, -0.25) is 0 Å². The average molecular weight is 211 g/mol. The van der Waals surface area contributed by atoms with Crippen molar-refractivity contribution in [1.82, 2.24) is 0 Å². The molecular weight excluding hydrogens is 198 g/mol. The Morgan fingerprint density at radius 1 is 1.29 bits per heavy atom. The first kappa shape index (κ1) is 7.91. The third kappa shape index (κ3) is 3.49. The van der Waals surface area contributed by atoms with Crippen LogP contribution in [-0.4, -0.2) is 0 Å². The van der Waals surface area contributed by atoms with Crippen molar-refractivity contribution in [2.45, 2.75) is 30.3 Å². The van der Waals surface area contributed by atoms with Gasteiger partial charge in [0, 0.05) is 0 Å². The van der Waals surface area contributed by atoms with Crippen molar-refractivity contribution in [2.75, 3.05) is 0 Å². The van der Waals surface area contributed by atoms with Crippen molar-refractivity contribution in [3.8, 4) is 0 Å².